The van der Waals surface area contributed by atoms with Crippen LogP contribution < -0.4 is 10.7 Å². The van der Waals surface area contributed by atoms with Crippen LogP contribution in [0.2, 0.25) is 0 Å². The van der Waals surface area contributed by atoms with Crippen molar-refractivity contribution in [2.24, 2.45) is 10.1 Å². The van der Waals surface area contributed by atoms with Gasteiger partial charge in [0.15, 0.2) is 5.78 Å². The molecule has 0 fully saturated rings. The molecule has 0 saturated heterocycles. The number of nitrogens with zero attached hydrogens (tertiary/aromatic N) is 2. The summed E-state index contributed by atoms with van der Waals surface area (Å²) < 4.78 is 5.82. The first-order chi connectivity index (χ1) is 10.7. The molecule has 1 atom stereocenters. The van der Waals surface area contributed by atoms with E-state index in [1.54, 1.807) is 12.2 Å². The molecule has 1 unspecified atom stereocenters. The summed E-state index contributed by atoms with van der Waals surface area (Å²) in [5, 5.41) is 7.24. The number of hydrogen-bond donors (Lipinski definition) is 2. The molecule has 0 saturated carbocycles. The van der Waals surface area contributed by atoms with Crippen molar-refractivity contribution in [3.63, 3.8) is 0 Å². The lowest BCUT2D eigenvalue weighted by molar-refractivity contribution is -0.113. The number of allylic oxidation sites excluding steroid dienone is 2. The minimum atomic E-state index is 0.0256. The van der Waals surface area contributed by atoms with Gasteiger partial charge in [0.05, 0.1) is 18.4 Å². The fourth-order valence-corrected chi connectivity index (χ4v) is 1.80. The Bertz CT molecular complexity index is 467. The zero-order valence-electron chi connectivity index (χ0n) is 13.6. The Balaban J connectivity index is 2.52. The maximum Gasteiger partial charge on any atom is 0.208 e. The van der Waals surface area contributed by atoms with Gasteiger partial charge >= 0.3 is 0 Å². The number of hydrazone groups is 1. The number of rotatable bonds is 8. The maximum absolute atomic E-state index is 11.2. The second-order valence-electron chi connectivity index (χ2n) is 4.98. The number of carbonyl (C=O) groups excluding carboxylic acids is 1. The van der Waals surface area contributed by atoms with E-state index in [0.717, 1.165) is 18.7 Å². The first-order valence-electron chi connectivity index (χ1n) is 7.68. The van der Waals surface area contributed by atoms with Crippen LogP contribution in [-0.4, -0.2) is 50.2 Å². The summed E-state index contributed by atoms with van der Waals surface area (Å²) in [5.74, 6) is 0.658. The van der Waals surface area contributed by atoms with E-state index in [4.69, 9.17) is 4.74 Å². The van der Waals surface area contributed by atoms with Crippen LogP contribution in [0.3, 0.4) is 0 Å². The van der Waals surface area contributed by atoms with Gasteiger partial charge in [0.2, 0.25) is 5.90 Å². The standard InChI is InChI=1S/C16H26N4O2/c1-4-18-16(22-13(2)10-11-17-3)7-5-6-14-8-9-15(21)12-19-20-14/h5,7-9,13,17,19H,4,6,10-12H2,1-3H3/b7-5-,18-16?. The van der Waals surface area contributed by atoms with Gasteiger partial charge in [-0.05, 0) is 52.1 Å². The van der Waals surface area contributed by atoms with Crippen molar-refractivity contribution in [1.29, 1.82) is 0 Å². The van der Waals surface area contributed by atoms with Crippen molar-refractivity contribution in [2.75, 3.05) is 26.7 Å². The molecule has 0 aromatic rings. The van der Waals surface area contributed by atoms with E-state index in [9.17, 15) is 4.79 Å². The third-order valence-electron chi connectivity index (χ3n) is 2.96. The molecule has 0 radical (unpaired) electrons. The third kappa shape index (κ3) is 7.73. The zero-order chi connectivity index (χ0) is 16.2. The van der Waals surface area contributed by atoms with Gasteiger partial charge in [0.25, 0.3) is 0 Å². The molecule has 0 aromatic carbocycles. The highest BCUT2D eigenvalue weighted by Crippen LogP contribution is 2.01. The fraction of sp³-hybridized carbons (Fsp3) is 0.562. The number of aliphatic imine (C=N–C) groups is 1. The SMILES string of the molecule is CCN=C(/C=C\CC1=NNCC(=O)C=C1)OC(C)CCNC. The monoisotopic (exact) mass is 306 g/mol. The summed E-state index contributed by atoms with van der Waals surface area (Å²) in [5.41, 5.74) is 3.55. The minimum absolute atomic E-state index is 0.0256. The number of ether oxygens (including phenoxy) is 1. The molecule has 1 rings (SSSR count). The van der Waals surface area contributed by atoms with Crippen LogP contribution in [0, 0.1) is 0 Å². The minimum Gasteiger partial charge on any atom is -0.475 e. The first-order valence-corrected chi connectivity index (χ1v) is 7.68. The van der Waals surface area contributed by atoms with Crippen LogP contribution in [0.1, 0.15) is 26.7 Å². The molecule has 1 aliphatic heterocycles. The Kier molecular flexibility index (Phi) is 8.83. The van der Waals surface area contributed by atoms with Gasteiger partial charge in [-0.2, -0.15) is 5.10 Å². The van der Waals surface area contributed by atoms with E-state index in [1.165, 1.54) is 0 Å². The van der Waals surface area contributed by atoms with Gasteiger partial charge in [0.1, 0.15) is 0 Å². The van der Waals surface area contributed by atoms with Crippen LogP contribution in [0.25, 0.3) is 0 Å². The summed E-state index contributed by atoms with van der Waals surface area (Å²) in [7, 11) is 1.92. The lowest BCUT2D eigenvalue weighted by atomic mass is 10.2. The van der Waals surface area contributed by atoms with Crippen LogP contribution in [0.5, 0.6) is 0 Å². The van der Waals surface area contributed by atoms with Gasteiger partial charge in [-0.15, -0.1) is 0 Å². The third-order valence-corrected chi connectivity index (χ3v) is 2.96. The summed E-state index contributed by atoms with van der Waals surface area (Å²) in [6.45, 7) is 5.84. The predicted molar refractivity (Wildman–Crippen MR) is 90.4 cm³/mol. The molecule has 0 aromatic heterocycles. The van der Waals surface area contributed by atoms with Crippen molar-refractivity contribution >= 4 is 17.4 Å². The van der Waals surface area contributed by atoms with Crippen molar-refractivity contribution in [1.82, 2.24) is 10.7 Å². The Hall–Kier alpha value is -1.95. The molecule has 1 aliphatic rings. The molecular formula is C16H26N4O2. The molecule has 0 amide bonds. The first kappa shape index (κ1) is 18.1. The van der Waals surface area contributed by atoms with Crippen LogP contribution in [-0.2, 0) is 9.53 Å². The van der Waals surface area contributed by atoms with E-state index in [0.29, 0.717) is 18.9 Å². The van der Waals surface area contributed by atoms with Gasteiger partial charge < -0.3 is 15.5 Å². The largest absolute Gasteiger partial charge is 0.475 e. The number of ketones is 1. The summed E-state index contributed by atoms with van der Waals surface area (Å²) in [6.07, 6.45) is 8.74. The summed E-state index contributed by atoms with van der Waals surface area (Å²) in [4.78, 5) is 15.6. The second kappa shape index (κ2) is 10.7. The lowest BCUT2D eigenvalue weighted by Gasteiger charge is -2.14. The molecular weight excluding hydrogens is 280 g/mol. The van der Waals surface area contributed by atoms with E-state index in [1.807, 2.05) is 33.0 Å². The topological polar surface area (TPSA) is 75.1 Å². The van der Waals surface area contributed by atoms with Crippen LogP contribution in [0.4, 0.5) is 0 Å². The van der Waals surface area contributed by atoms with Crippen molar-refractivity contribution in [3.05, 3.63) is 24.3 Å². The maximum atomic E-state index is 11.2. The van der Waals surface area contributed by atoms with E-state index in [-0.39, 0.29) is 18.4 Å². The van der Waals surface area contributed by atoms with E-state index >= 15 is 0 Å². The van der Waals surface area contributed by atoms with Gasteiger partial charge in [0, 0.05) is 13.0 Å². The van der Waals surface area contributed by atoms with Crippen molar-refractivity contribution in [3.8, 4) is 0 Å². The van der Waals surface area contributed by atoms with E-state index in [2.05, 4.69) is 20.8 Å². The Labute approximate surface area is 132 Å². The van der Waals surface area contributed by atoms with Crippen LogP contribution in [0.15, 0.2) is 34.4 Å². The average molecular weight is 306 g/mol. The van der Waals surface area contributed by atoms with E-state index < -0.39 is 0 Å². The Morgan fingerprint density at radius 3 is 3.14 bits per heavy atom. The van der Waals surface area contributed by atoms with Crippen molar-refractivity contribution < 1.29 is 9.53 Å². The molecule has 1 heterocycles. The highest BCUT2D eigenvalue weighted by atomic mass is 16.5. The van der Waals surface area contributed by atoms with Gasteiger partial charge in [-0.3, -0.25) is 9.79 Å². The van der Waals surface area contributed by atoms with Gasteiger partial charge in [-0.25, -0.2) is 0 Å². The fourth-order valence-electron chi connectivity index (χ4n) is 1.80. The molecule has 22 heavy (non-hydrogen) atoms. The highest BCUT2D eigenvalue weighted by molar-refractivity contribution is 6.04. The molecule has 0 bridgehead atoms. The molecule has 122 valence electrons. The summed E-state index contributed by atoms with van der Waals surface area (Å²) in [6, 6.07) is 0. The predicted octanol–water partition coefficient (Wildman–Crippen LogP) is 1.45. The van der Waals surface area contributed by atoms with Crippen LogP contribution >= 0.6 is 0 Å². The Morgan fingerprint density at radius 1 is 1.59 bits per heavy atom. The normalized spacial score (nSPS) is 17.1. The molecule has 2 N–H and O–H groups in total. The second-order valence-corrected chi connectivity index (χ2v) is 4.98. The average Bonchev–Trinajstić information content (AvgIpc) is 2.70. The molecule has 0 spiro atoms. The number of carbonyl (C=O) groups is 1. The zero-order valence-corrected chi connectivity index (χ0v) is 13.6. The number of nitrogens with one attached hydrogen (secondary N) is 2. The Morgan fingerprint density at radius 2 is 2.41 bits per heavy atom. The summed E-state index contributed by atoms with van der Waals surface area (Å²) >= 11 is 0. The highest BCUT2D eigenvalue weighted by Gasteiger charge is 2.05. The molecule has 6 heteroatoms. The molecule has 6 nitrogen and oxygen atoms in total. The smallest absolute Gasteiger partial charge is 0.208 e. The van der Waals surface area contributed by atoms with Crippen molar-refractivity contribution in [2.45, 2.75) is 32.8 Å². The lowest BCUT2D eigenvalue weighted by Crippen LogP contribution is -2.19. The quantitative estimate of drug-likeness (QED) is 0.526. The van der Waals surface area contributed by atoms with Gasteiger partial charge in [-0.1, -0.05) is 6.08 Å². The molecule has 0 aliphatic carbocycles. The number of hydrogen-bond acceptors (Lipinski definition) is 6.